The fraction of sp³-hybridized carbons (Fsp3) is 0.217. The minimum atomic E-state index is -1.42. The van der Waals surface area contributed by atoms with Crippen LogP contribution in [0.3, 0.4) is 0 Å². The van der Waals surface area contributed by atoms with Crippen LogP contribution >= 0.6 is 0 Å². The minimum absolute atomic E-state index is 0.0386. The number of carbonyl (C=O) groups excluding carboxylic acids is 2. The molecule has 0 bridgehead atoms. The molecule has 3 aromatic rings. The normalized spacial score (nSPS) is 12.8. The van der Waals surface area contributed by atoms with Crippen molar-refractivity contribution in [1.29, 1.82) is 0 Å². The van der Waals surface area contributed by atoms with Crippen molar-refractivity contribution in [3.63, 3.8) is 0 Å². The molecule has 2 aromatic carbocycles. The van der Waals surface area contributed by atoms with E-state index in [0.717, 1.165) is 0 Å². The molecule has 6 heteroatoms. The lowest BCUT2D eigenvalue weighted by molar-refractivity contribution is 0.0650. The summed E-state index contributed by atoms with van der Waals surface area (Å²) in [5.74, 6) is -0.420. The molecular formula is C23H23NO5. The van der Waals surface area contributed by atoms with Crippen LogP contribution in [0, 0.1) is 0 Å². The molecule has 0 aliphatic heterocycles. The highest BCUT2D eigenvalue weighted by Crippen LogP contribution is 2.30. The first-order chi connectivity index (χ1) is 14.0. The van der Waals surface area contributed by atoms with Crippen LogP contribution < -0.4 is 9.47 Å². The summed E-state index contributed by atoms with van der Waals surface area (Å²) in [6.07, 6.45) is 1.83. The second-order valence-corrected chi connectivity index (χ2v) is 6.58. The van der Waals surface area contributed by atoms with Crippen LogP contribution in [0.1, 0.15) is 33.1 Å². The molecule has 150 valence electrons. The number of nitrogens with zero attached hydrogens (tertiary/aromatic N) is 1. The number of aliphatic hydroxyl groups excluding tert-OH is 1. The van der Waals surface area contributed by atoms with E-state index in [4.69, 9.17) is 9.47 Å². The van der Waals surface area contributed by atoms with E-state index in [1.807, 2.05) is 0 Å². The number of ketones is 1. The lowest BCUT2D eigenvalue weighted by Gasteiger charge is -2.23. The second kappa shape index (κ2) is 9.21. The molecule has 0 unspecified atom stereocenters. The van der Waals surface area contributed by atoms with Crippen LogP contribution in [0.15, 0.2) is 73.1 Å². The van der Waals surface area contributed by atoms with Gasteiger partial charge in [0.05, 0.1) is 19.8 Å². The summed E-state index contributed by atoms with van der Waals surface area (Å²) in [4.78, 5) is 25.7. The van der Waals surface area contributed by atoms with Gasteiger partial charge < -0.3 is 14.6 Å². The zero-order valence-corrected chi connectivity index (χ0v) is 16.3. The fourth-order valence-corrected chi connectivity index (χ4v) is 3.25. The summed E-state index contributed by atoms with van der Waals surface area (Å²) < 4.78 is 11.9. The van der Waals surface area contributed by atoms with E-state index < -0.39 is 17.8 Å². The molecule has 0 amide bonds. The Hall–Kier alpha value is -3.38. The van der Waals surface area contributed by atoms with Crippen LogP contribution in [-0.4, -0.2) is 41.7 Å². The zero-order valence-electron chi connectivity index (χ0n) is 16.3. The Morgan fingerprint density at radius 3 is 2.21 bits per heavy atom. The van der Waals surface area contributed by atoms with Crippen LogP contribution in [-0.2, 0) is 0 Å². The summed E-state index contributed by atoms with van der Waals surface area (Å²) in [5, 5.41) is 11.0. The van der Waals surface area contributed by atoms with Crippen molar-refractivity contribution in [3.8, 4) is 11.5 Å². The predicted octanol–water partition coefficient (Wildman–Crippen LogP) is 3.56. The number of aromatic nitrogens is 1. The summed E-state index contributed by atoms with van der Waals surface area (Å²) >= 11 is 0. The summed E-state index contributed by atoms with van der Waals surface area (Å²) in [7, 11) is 3.02. The molecule has 3 rings (SSSR count). The molecule has 6 nitrogen and oxygen atoms in total. The highest BCUT2D eigenvalue weighted by atomic mass is 16.5. The first kappa shape index (κ1) is 20.4. The highest BCUT2D eigenvalue weighted by Gasteiger charge is 2.32. The van der Waals surface area contributed by atoms with Crippen LogP contribution in [0.25, 0.3) is 0 Å². The second-order valence-electron chi connectivity index (χ2n) is 6.58. The Bertz CT molecular complexity index is 963. The topological polar surface area (TPSA) is 77.8 Å². The van der Waals surface area contributed by atoms with E-state index in [1.165, 1.54) is 11.7 Å². The molecule has 0 saturated heterocycles. The van der Waals surface area contributed by atoms with Gasteiger partial charge >= 0.3 is 0 Å². The number of carbonyl (C=O) groups is 2. The predicted molar refractivity (Wildman–Crippen MR) is 109 cm³/mol. The average molecular weight is 393 g/mol. The number of hydrogen-bond acceptors (Lipinski definition) is 5. The Labute approximate surface area is 169 Å². The number of benzene rings is 2. The summed E-state index contributed by atoms with van der Waals surface area (Å²) in [6.45, 7) is 0. The van der Waals surface area contributed by atoms with Gasteiger partial charge in [0.1, 0.15) is 17.6 Å². The van der Waals surface area contributed by atoms with E-state index in [0.29, 0.717) is 17.1 Å². The first-order valence-corrected chi connectivity index (χ1v) is 9.20. The molecule has 0 fully saturated rings. The van der Waals surface area contributed by atoms with E-state index in [2.05, 4.69) is 0 Å². The lowest BCUT2D eigenvalue weighted by atomic mass is 9.86. The SMILES string of the molecule is COc1ccc([C@@H](CC(=O)n2cccc2)[C@@H](O)C(=O)c2ccccc2OC)cc1. The number of methoxy groups -OCH3 is 2. The number of ether oxygens (including phenoxy) is 2. The van der Waals surface area contributed by atoms with Crippen LogP contribution in [0.5, 0.6) is 11.5 Å². The molecule has 1 heterocycles. The summed E-state index contributed by atoms with van der Waals surface area (Å²) in [5.41, 5.74) is 0.941. The van der Waals surface area contributed by atoms with E-state index in [-0.39, 0.29) is 17.9 Å². The Kier molecular flexibility index (Phi) is 6.46. The zero-order chi connectivity index (χ0) is 20.8. The van der Waals surface area contributed by atoms with E-state index in [1.54, 1.807) is 80.2 Å². The van der Waals surface area contributed by atoms with Crippen molar-refractivity contribution in [1.82, 2.24) is 4.57 Å². The van der Waals surface area contributed by atoms with Gasteiger partial charge in [0, 0.05) is 24.7 Å². The average Bonchev–Trinajstić information content (AvgIpc) is 3.31. The van der Waals surface area contributed by atoms with Gasteiger partial charge in [0.15, 0.2) is 5.78 Å². The van der Waals surface area contributed by atoms with Crippen LogP contribution in [0.2, 0.25) is 0 Å². The Morgan fingerprint density at radius 1 is 0.931 bits per heavy atom. The van der Waals surface area contributed by atoms with Gasteiger partial charge in [0.2, 0.25) is 5.91 Å². The third-order valence-corrected chi connectivity index (χ3v) is 4.85. The van der Waals surface area contributed by atoms with Crippen molar-refractivity contribution >= 4 is 11.7 Å². The molecule has 0 aliphatic rings. The monoisotopic (exact) mass is 393 g/mol. The highest BCUT2D eigenvalue weighted by molar-refractivity contribution is 6.02. The molecule has 1 N–H and O–H groups in total. The quantitative estimate of drug-likeness (QED) is 0.592. The van der Waals surface area contributed by atoms with Gasteiger partial charge in [-0.2, -0.15) is 0 Å². The van der Waals surface area contributed by atoms with Gasteiger partial charge in [-0.15, -0.1) is 0 Å². The maximum atomic E-state index is 13.1. The third-order valence-electron chi connectivity index (χ3n) is 4.85. The number of para-hydroxylation sites is 1. The van der Waals surface area contributed by atoms with Gasteiger partial charge in [-0.25, -0.2) is 0 Å². The molecule has 0 aliphatic carbocycles. The molecule has 29 heavy (non-hydrogen) atoms. The molecular weight excluding hydrogens is 370 g/mol. The number of hydrogen-bond donors (Lipinski definition) is 1. The lowest BCUT2D eigenvalue weighted by Crippen LogP contribution is -2.31. The number of rotatable bonds is 8. The first-order valence-electron chi connectivity index (χ1n) is 9.20. The smallest absolute Gasteiger partial charge is 0.231 e. The molecule has 0 radical (unpaired) electrons. The third kappa shape index (κ3) is 4.55. The largest absolute Gasteiger partial charge is 0.497 e. The maximum Gasteiger partial charge on any atom is 0.231 e. The van der Waals surface area contributed by atoms with E-state index >= 15 is 0 Å². The van der Waals surface area contributed by atoms with E-state index in [9.17, 15) is 14.7 Å². The number of aliphatic hydroxyl groups is 1. The van der Waals surface area contributed by atoms with Crippen molar-refractivity contribution in [2.75, 3.05) is 14.2 Å². The van der Waals surface area contributed by atoms with Crippen molar-refractivity contribution in [3.05, 3.63) is 84.2 Å². The Morgan fingerprint density at radius 2 is 1.59 bits per heavy atom. The summed E-state index contributed by atoms with van der Waals surface area (Å²) in [6, 6.07) is 17.2. The molecule has 1 aromatic heterocycles. The molecule has 0 saturated carbocycles. The maximum absolute atomic E-state index is 13.1. The van der Waals surface area contributed by atoms with Gasteiger partial charge in [-0.05, 0) is 42.0 Å². The fourth-order valence-electron chi connectivity index (χ4n) is 3.25. The van der Waals surface area contributed by atoms with Crippen molar-refractivity contribution in [2.24, 2.45) is 0 Å². The molecule has 0 spiro atoms. The minimum Gasteiger partial charge on any atom is -0.497 e. The van der Waals surface area contributed by atoms with Crippen molar-refractivity contribution in [2.45, 2.75) is 18.4 Å². The molecule has 2 atom stereocenters. The van der Waals surface area contributed by atoms with Gasteiger partial charge in [0.25, 0.3) is 0 Å². The Balaban J connectivity index is 1.94. The van der Waals surface area contributed by atoms with Crippen molar-refractivity contribution < 1.29 is 24.2 Å². The van der Waals surface area contributed by atoms with Gasteiger partial charge in [-0.3, -0.25) is 14.2 Å². The van der Waals surface area contributed by atoms with Gasteiger partial charge in [-0.1, -0.05) is 24.3 Å². The number of Topliss-reactive ketones (excluding diaryl/α,β-unsaturated/α-hetero) is 1. The van der Waals surface area contributed by atoms with Crippen LogP contribution in [0.4, 0.5) is 0 Å². The standard InChI is InChI=1S/C23H23NO5/c1-28-17-11-9-16(10-12-17)19(15-21(25)24-13-5-6-14-24)23(27)22(26)18-7-3-4-8-20(18)29-2/h3-14,19,23,27H,15H2,1-2H3/t19-,23-/m1/s1.